The highest BCUT2D eigenvalue weighted by Crippen LogP contribution is 2.20. The van der Waals surface area contributed by atoms with Gasteiger partial charge in [-0.1, -0.05) is 18.2 Å². The Morgan fingerprint density at radius 3 is 2.48 bits per heavy atom. The van der Waals surface area contributed by atoms with Crippen molar-refractivity contribution in [1.82, 2.24) is 9.88 Å². The molecule has 27 heavy (non-hydrogen) atoms. The molecule has 0 radical (unpaired) electrons. The molecule has 2 aromatic carbocycles. The number of nitrogens with zero attached hydrogens (tertiary/aromatic N) is 2. The molecule has 0 saturated heterocycles. The number of hydrogen-bond donors (Lipinski definition) is 1. The van der Waals surface area contributed by atoms with Crippen LogP contribution in [-0.2, 0) is 6.54 Å². The van der Waals surface area contributed by atoms with E-state index in [9.17, 15) is 9.18 Å². The molecule has 3 aromatic rings. The van der Waals surface area contributed by atoms with E-state index in [-0.39, 0.29) is 17.8 Å². The van der Waals surface area contributed by atoms with Crippen LogP contribution in [0.3, 0.4) is 0 Å². The monoisotopic (exact) mass is 363 g/mol. The highest BCUT2D eigenvalue weighted by Gasteiger charge is 2.12. The van der Waals surface area contributed by atoms with Gasteiger partial charge in [0, 0.05) is 36.2 Å². The standard InChI is InChI=1S/C22H22FN3O/c1-16(18-10-12-24-13-11-18)26(2)15-17-6-8-19(9-7-17)22(27)25-21-5-3-4-20(23)14-21/h3-14,16H,15H2,1-2H3,(H,25,27). The third kappa shape index (κ3) is 4.99. The van der Waals surface area contributed by atoms with E-state index in [1.54, 1.807) is 36.7 Å². The molecule has 1 amide bonds. The van der Waals surface area contributed by atoms with Crippen LogP contribution in [0.4, 0.5) is 10.1 Å². The Kier molecular flexibility index (Phi) is 5.94. The average Bonchev–Trinajstić information content (AvgIpc) is 2.68. The van der Waals surface area contributed by atoms with E-state index in [4.69, 9.17) is 0 Å². The molecule has 4 nitrogen and oxygen atoms in total. The summed E-state index contributed by atoms with van der Waals surface area (Å²) >= 11 is 0. The second kappa shape index (κ2) is 8.56. The smallest absolute Gasteiger partial charge is 0.255 e. The summed E-state index contributed by atoms with van der Waals surface area (Å²) in [6, 6.07) is 17.6. The van der Waals surface area contributed by atoms with Crippen LogP contribution >= 0.6 is 0 Å². The molecular weight excluding hydrogens is 341 g/mol. The van der Waals surface area contributed by atoms with Crippen LogP contribution in [0.15, 0.2) is 73.1 Å². The number of carbonyl (C=O) groups is 1. The van der Waals surface area contributed by atoms with Crippen molar-refractivity contribution in [3.8, 4) is 0 Å². The molecule has 0 spiro atoms. The first kappa shape index (κ1) is 18.7. The van der Waals surface area contributed by atoms with Gasteiger partial charge in [0.05, 0.1) is 0 Å². The molecular formula is C22H22FN3O. The zero-order valence-electron chi connectivity index (χ0n) is 15.4. The second-order valence-corrected chi connectivity index (χ2v) is 6.53. The highest BCUT2D eigenvalue weighted by atomic mass is 19.1. The molecule has 1 aromatic heterocycles. The van der Waals surface area contributed by atoms with Crippen LogP contribution in [0.25, 0.3) is 0 Å². The number of rotatable bonds is 6. The van der Waals surface area contributed by atoms with E-state index < -0.39 is 0 Å². The molecule has 138 valence electrons. The number of hydrogen-bond acceptors (Lipinski definition) is 3. The Hall–Kier alpha value is -3.05. The third-order valence-electron chi connectivity index (χ3n) is 4.58. The van der Waals surface area contributed by atoms with Crippen molar-refractivity contribution in [2.75, 3.05) is 12.4 Å². The first-order chi connectivity index (χ1) is 13.0. The molecule has 0 aliphatic heterocycles. The highest BCUT2D eigenvalue weighted by molar-refractivity contribution is 6.04. The summed E-state index contributed by atoms with van der Waals surface area (Å²) in [5.74, 6) is -0.639. The Bertz CT molecular complexity index is 897. The molecule has 0 aliphatic rings. The first-order valence-electron chi connectivity index (χ1n) is 8.79. The minimum absolute atomic E-state index is 0.254. The molecule has 0 aliphatic carbocycles. The van der Waals surface area contributed by atoms with Gasteiger partial charge in [-0.15, -0.1) is 0 Å². The summed E-state index contributed by atoms with van der Waals surface area (Å²) in [5.41, 5.74) is 3.29. The lowest BCUT2D eigenvalue weighted by Crippen LogP contribution is -2.22. The van der Waals surface area contributed by atoms with Crippen LogP contribution < -0.4 is 5.32 Å². The molecule has 0 saturated carbocycles. The largest absolute Gasteiger partial charge is 0.322 e. The molecule has 5 heteroatoms. The Morgan fingerprint density at radius 1 is 1.11 bits per heavy atom. The van der Waals surface area contributed by atoms with Gasteiger partial charge in [-0.25, -0.2) is 4.39 Å². The molecule has 1 atom stereocenters. The summed E-state index contributed by atoms with van der Waals surface area (Å²) in [6.07, 6.45) is 3.59. The van der Waals surface area contributed by atoms with Crippen LogP contribution in [0.1, 0.15) is 34.5 Å². The van der Waals surface area contributed by atoms with Gasteiger partial charge in [-0.3, -0.25) is 14.7 Å². The number of amides is 1. The van der Waals surface area contributed by atoms with Crippen LogP contribution in [0.2, 0.25) is 0 Å². The molecule has 3 rings (SSSR count). The predicted molar refractivity (Wildman–Crippen MR) is 105 cm³/mol. The lowest BCUT2D eigenvalue weighted by molar-refractivity contribution is 0.102. The summed E-state index contributed by atoms with van der Waals surface area (Å²) < 4.78 is 13.2. The van der Waals surface area contributed by atoms with Crippen molar-refractivity contribution in [2.45, 2.75) is 19.5 Å². The van der Waals surface area contributed by atoms with Crippen LogP contribution in [0.5, 0.6) is 0 Å². The fourth-order valence-electron chi connectivity index (χ4n) is 2.85. The van der Waals surface area contributed by atoms with E-state index in [1.807, 2.05) is 24.3 Å². The molecule has 0 fully saturated rings. The van der Waals surface area contributed by atoms with Crippen LogP contribution in [-0.4, -0.2) is 22.8 Å². The predicted octanol–water partition coefficient (Wildman–Crippen LogP) is 4.67. The van der Waals surface area contributed by atoms with E-state index >= 15 is 0 Å². The van der Waals surface area contributed by atoms with Gasteiger partial charge in [0.2, 0.25) is 0 Å². The number of anilines is 1. The van der Waals surface area contributed by atoms with Crippen molar-refractivity contribution in [3.63, 3.8) is 0 Å². The van der Waals surface area contributed by atoms with E-state index in [2.05, 4.69) is 29.2 Å². The fraction of sp³-hybridized carbons (Fsp3) is 0.182. The van der Waals surface area contributed by atoms with Crippen molar-refractivity contribution >= 4 is 11.6 Å². The normalized spacial score (nSPS) is 12.0. The molecule has 0 bridgehead atoms. The van der Waals surface area contributed by atoms with Crippen molar-refractivity contribution < 1.29 is 9.18 Å². The summed E-state index contributed by atoms with van der Waals surface area (Å²) in [6.45, 7) is 2.91. The number of nitrogens with one attached hydrogen (secondary N) is 1. The fourth-order valence-corrected chi connectivity index (χ4v) is 2.85. The van der Waals surface area contributed by atoms with E-state index in [1.165, 1.54) is 17.7 Å². The average molecular weight is 363 g/mol. The van der Waals surface area contributed by atoms with Gasteiger partial charge in [0.1, 0.15) is 5.82 Å². The van der Waals surface area contributed by atoms with Gasteiger partial charge in [0.15, 0.2) is 0 Å². The first-order valence-corrected chi connectivity index (χ1v) is 8.79. The molecule has 1 unspecified atom stereocenters. The minimum atomic E-state index is -0.380. The van der Waals surface area contributed by atoms with Gasteiger partial charge in [-0.2, -0.15) is 0 Å². The van der Waals surface area contributed by atoms with Gasteiger partial charge >= 0.3 is 0 Å². The van der Waals surface area contributed by atoms with Crippen molar-refractivity contribution in [1.29, 1.82) is 0 Å². The summed E-state index contributed by atoms with van der Waals surface area (Å²) in [5, 5.41) is 2.70. The van der Waals surface area contributed by atoms with Crippen LogP contribution in [0, 0.1) is 5.82 Å². The Morgan fingerprint density at radius 2 is 1.81 bits per heavy atom. The number of aromatic nitrogens is 1. The molecule has 1 N–H and O–H groups in total. The maximum Gasteiger partial charge on any atom is 0.255 e. The maximum atomic E-state index is 13.2. The van der Waals surface area contributed by atoms with E-state index in [0.29, 0.717) is 11.3 Å². The number of halogens is 1. The number of pyridine rings is 1. The second-order valence-electron chi connectivity index (χ2n) is 6.53. The zero-order valence-corrected chi connectivity index (χ0v) is 15.4. The lowest BCUT2D eigenvalue weighted by atomic mass is 10.1. The van der Waals surface area contributed by atoms with Gasteiger partial charge in [-0.05, 0) is 67.6 Å². The minimum Gasteiger partial charge on any atom is -0.322 e. The van der Waals surface area contributed by atoms with Gasteiger partial charge < -0.3 is 5.32 Å². The SMILES string of the molecule is CC(c1ccncc1)N(C)Cc1ccc(C(=O)Nc2cccc(F)c2)cc1. The van der Waals surface area contributed by atoms with Crippen molar-refractivity contribution in [3.05, 3.63) is 95.6 Å². The summed E-state index contributed by atoms with van der Waals surface area (Å²) in [7, 11) is 2.07. The third-order valence-corrected chi connectivity index (χ3v) is 4.58. The van der Waals surface area contributed by atoms with Crippen molar-refractivity contribution in [2.24, 2.45) is 0 Å². The topological polar surface area (TPSA) is 45.2 Å². The zero-order chi connectivity index (χ0) is 19.2. The quantitative estimate of drug-likeness (QED) is 0.692. The van der Waals surface area contributed by atoms with Gasteiger partial charge in [0.25, 0.3) is 5.91 Å². The Balaban J connectivity index is 1.62. The number of benzene rings is 2. The molecule has 1 heterocycles. The maximum absolute atomic E-state index is 13.2. The lowest BCUT2D eigenvalue weighted by Gasteiger charge is -2.25. The Labute approximate surface area is 158 Å². The number of carbonyl (C=O) groups excluding carboxylic acids is 1. The van der Waals surface area contributed by atoms with E-state index in [0.717, 1.165) is 12.1 Å². The summed E-state index contributed by atoms with van der Waals surface area (Å²) in [4.78, 5) is 18.6.